The van der Waals surface area contributed by atoms with Crippen molar-refractivity contribution < 1.29 is 17.9 Å². The van der Waals surface area contributed by atoms with Crippen LogP contribution in [-0.2, 0) is 23.1 Å². The van der Waals surface area contributed by atoms with Crippen LogP contribution in [0.3, 0.4) is 0 Å². The Balaban J connectivity index is 2.01. The van der Waals surface area contributed by atoms with E-state index in [1.807, 2.05) is 12.3 Å². The first-order valence-corrected chi connectivity index (χ1v) is 8.39. The maximum Gasteiger partial charge on any atom is 0.244 e. The molecule has 6 nitrogen and oxygen atoms in total. The lowest BCUT2D eigenvalue weighted by Crippen LogP contribution is -2.26. The molecule has 0 aliphatic heterocycles. The van der Waals surface area contributed by atoms with Crippen molar-refractivity contribution in [1.82, 2.24) is 9.71 Å². The van der Waals surface area contributed by atoms with Gasteiger partial charge in [-0.3, -0.25) is 0 Å². The normalized spacial score (nSPS) is 11.9. The number of aryl methyl sites for hydroxylation is 2. The Morgan fingerprint density at radius 2 is 2.20 bits per heavy atom. The predicted octanol–water partition coefficient (Wildman–Crippen LogP) is 1.37. The number of hydrogen-bond acceptors (Lipinski definition) is 6. The van der Waals surface area contributed by atoms with E-state index in [0.717, 1.165) is 10.7 Å². The summed E-state index contributed by atoms with van der Waals surface area (Å²) in [6.07, 6.45) is 0.543. The summed E-state index contributed by atoms with van der Waals surface area (Å²) in [6, 6.07) is 1.34. The number of nitrogens with one attached hydrogen (secondary N) is 1. The van der Waals surface area contributed by atoms with Crippen LogP contribution in [0, 0.1) is 13.8 Å². The summed E-state index contributed by atoms with van der Waals surface area (Å²) >= 11 is 1.51. The molecule has 0 spiro atoms. The van der Waals surface area contributed by atoms with Crippen molar-refractivity contribution in [3.05, 3.63) is 33.7 Å². The zero-order chi connectivity index (χ0) is 14.8. The van der Waals surface area contributed by atoms with Crippen LogP contribution in [0.5, 0.6) is 0 Å². The van der Waals surface area contributed by atoms with E-state index in [1.165, 1.54) is 17.4 Å². The van der Waals surface area contributed by atoms with Gasteiger partial charge in [-0.2, -0.15) is 0 Å². The van der Waals surface area contributed by atoms with E-state index < -0.39 is 10.0 Å². The Bertz CT molecular complexity index is 688. The number of aromatic nitrogens is 1. The largest absolute Gasteiger partial charge is 0.462 e. The topological polar surface area (TPSA) is 92.4 Å². The average molecular weight is 316 g/mol. The molecular weight excluding hydrogens is 300 g/mol. The van der Waals surface area contributed by atoms with Crippen LogP contribution in [0.25, 0.3) is 0 Å². The molecule has 0 saturated heterocycles. The van der Waals surface area contributed by atoms with Crippen molar-refractivity contribution in [3.63, 3.8) is 0 Å². The first-order chi connectivity index (χ1) is 9.42. The van der Waals surface area contributed by atoms with Gasteiger partial charge < -0.3 is 9.52 Å². The van der Waals surface area contributed by atoms with E-state index in [9.17, 15) is 8.42 Å². The van der Waals surface area contributed by atoms with E-state index in [1.54, 1.807) is 6.92 Å². The standard InChI is InChI=1S/C12H16N2O4S2/c1-8-7-19-12(14-8)3-4-13-20(16,17)11-5-10(6-15)18-9(11)2/h5,7,13,15H,3-4,6H2,1-2H3. The van der Waals surface area contributed by atoms with Crippen molar-refractivity contribution in [3.8, 4) is 0 Å². The first kappa shape index (κ1) is 15.2. The number of sulfonamides is 1. The van der Waals surface area contributed by atoms with E-state index in [-0.39, 0.29) is 29.6 Å². The number of thiazole rings is 1. The van der Waals surface area contributed by atoms with Crippen LogP contribution in [0.15, 0.2) is 20.8 Å². The van der Waals surface area contributed by atoms with E-state index in [4.69, 9.17) is 9.52 Å². The average Bonchev–Trinajstić information content (AvgIpc) is 2.95. The summed E-state index contributed by atoms with van der Waals surface area (Å²) in [5, 5.41) is 11.8. The van der Waals surface area contributed by atoms with Crippen LogP contribution < -0.4 is 4.72 Å². The molecule has 0 amide bonds. The monoisotopic (exact) mass is 316 g/mol. The van der Waals surface area contributed by atoms with Crippen molar-refractivity contribution in [1.29, 1.82) is 0 Å². The van der Waals surface area contributed by atoms with Crippen molar-refractivity contribution in [2.45, 2.75) is 31.8 Å². The SMILES string of the molecule is Cc1csc(CCNS(=O)(=O)c2cc(CO)oc2C)n1. The molecule has 0 aliphatic carbocycles. The molecule has 110 valence electrons. The van der Waals surface area contributed by atoms with Crippen LogP contribution >= 0.6 is 11.3 Å². The van der Waals surface area contributed by atoms with Gasteiger partial charge in [0.05, 0.1) is 5.01 Å². The highest BCUT2D eigenvalue weighted by Crippen LogP contribution is 2.19. The fraction of sp³-hybridized carbons (Fsp3) is 0.417. The number of rotatable bonds is 6. The second kappa shape index (κ2) is 6.04. The van der Waals surface area contributed by atoms with Gasteiger partial charge >= 0.3 is 0 Å². The molecule has 0 bridgehead atoms. The lowest BCUT2D eigenvalue weighted by atomic mass is 10.4. The molecule has 0 aliphatic rings. The molecule has 2 aromatic rings. The molecule has 0 atom stereocenters. The molecule has 0 aromatic carbocycles. The third kappa shape index (κ3) is 3.45. The Morgan fingerprint density at radius 3 is 2.75 bits per heavy atom. The zero-order valence-electron chi connectivity index (χ0n) is 11.2. The molecule has 0 fully saturated rings. The smallest absolute Gasteiger partial charge is 0.244 e. The van der Waals surface area contributed by atoms with Gasteiger partial charge in [-0.05, 0) is 13.8 Å². The Labute approximate surface area is 121 Å². The molecule has 20 heavy (non-hydrogen) atoms. The van der Waals surface area contributed by atoms with Gasteiger partial charge in [-0.1, -0.05) is 0 Å². The Kier molecular flexibility index (Phi) is 4.59. The van der Waals surface area contributed by atoms with Crippen LogP contribution in [0.1, 0.15) is 22.2 Å². The fourth-order valence-corrected chi connectivity index (χ4v) is 3.77. The van der Waals surface area contributed by atoms with Crippen molar-refractivity contribution in [2.24, 2.45) is 0 Å². The van der Waals surface area contributed by atoms with Crippen LogP contribution in [0.2, 0.25) is 0 Å². The molecule has 0 unspecified atom stereocenters. The summed E-state index contributed by atoms with van der Waals surface area (Å²) in [5.41, 5.74) is 0.936. The highest BCUT2D eigenvalue weighted by Gasteiger charge is 2.20. The summed E-state index contributed by atoms with van der Waals surface area (Å²) in [4.78, 5) is 4.34. The van der Waals surface area contributed by atoms with Gasteiger partial charge in [0.2, 0.25) is 10.0 Å². The van der Waals surface area contributed by atoms with Gasteiger partial charge in [0.1, 0.15) is 23.0 Å². The third-order valence-electron chi connectivity index (χ3n) is 2.67. The van der Waals surface area contributed by atoms with E-state index in [0.29, 0.717) is 6.42 Å². The minimum Gasteiger partial charge on any atom is -0.462 e. The molecule has 2 heterocycles. The Morgan fingerprint density at radius 1 is 1.45 bits per heavy atom. The first-order valence-electron chi connectivity index (χ1n) is 6.03. The second-order valence-electron chi connectivity index (χ2n) is 4.32. The lowest BCUT2D eigenvalue weighted by molar-refractivity contribution is 0.244. The van der Waals surface area contributed by atoms with Crippen LogP contribution in [-0.4, -0.2) is 25.1 Å². The predicted molar refractivity (Wildman–Crippen MR) is 75.1 cm³/mol. The van der Waals surface area contributed by atoms with Crippen molar-refractivity contribution >= 4 is 21.4 Å². The molecule has 8 heteroatoms. The Hall–Kier alpha value is -1.22. The van der Waals surface area contributed by atoms with E-state index in [2.05, 4.69) is 9.71 Å². The van der Waals surface area contributed by atoms with Gasteiger partial charge in [-0.25, -0.2) is 18.1 Å². The van der Waals surface area contributed by atoms with Gasteiger partial charge in [-0.15, -0.1) is 11.3 Å². The molecule has 0 saturated carbocycles. The molecular formula is C12H16N2O4S2. The second-order valence-corrected chi connectivity index (χ2v) is 7.00. The fourth-order valence-electron chi connectivity index (χ4n) is 1.76. The molecule has 2 N–H and O–H groups in total. The van der Waals surface area contributed by atoms with Gasteiger partial charge in [0.15, 0.2) is 0 Å². The van der Waals surface area contributed by atoms with Crippen molar-refractivity contribution in [2.75, 3.05) is 6.54 Å². The number of aliphatic hydroxyl groups excluding tert-OH is 1. The summed E-state index contributed by atoms with van der Waals surface area (Å²) in [5.74, 6) is 0.505. The minimum absolute atomic E-state index is 0.0665. The number of aliphatic hydroxyl groups is 1. The summed E-state index contributed by atoms with van der Waals surface area (Å²) < 4.78 is 31.9. The van der Waals surface area contributed by atoms with Crippen LogP contribution in [0.4, 0.5) is 0 Å². The number of hydrogen-bond donors (Lipinski definition) is 2. The summed E-state index contributed by atoms with van der Waals surface area (Å²) in [6.45, 7) is 3.40. The molecule has 2 aromatic heterocycles. The minimum atomic E-state index is -3.62. The van der Waals surface area contributed by atoms with Gasteiger partial charge in [0, 0.05) is 30.1 Å². The third-order valence-corrected chi connectivity index (χ3v) is 5.26. The van der Waals surface area contributed by atoms with Gasteiger partial charge in [0.25, 0.3) is 0 Å². The maximum absolute atomic E-state index is 12.1. The number of nitrogens with zero attached hydrogens (tertiary/aromatic N) is 1. The maximum atomic E-state index is 12.1. The highest BCUT2D eigenvalue weighted by atomic mass is 32.2. The lowest BCUT2D eigenvalue weighted by Gasteiger charge is -2.04. The molecule has 2 rings (SSSR count). The highest BCUT2D eigenvalue weighted by molar-refractivity contribution is 7.89. The van der Waals surface area contributed by atoms with E-state index >= 15 is 0 Å². The number of furan rings is 1. The quantitative estimate of drug-likeness (QED) is 0.839. The summed E-state index contributed by atoms with van der Waals surface area (Å²) in [7, 11) is -3.62. The molecule has 0 radical (unpaired) electrons. The zero-order valence-corrected chi connectivity index (χ0v) is 12.8.